The van der Waals surface area contributed by atoms with E-state index in [9.17, 15) is 14.4 Å². The van der Waals surface area contributed by atoms with Gasteiger partial charge in [-0.1, -0.05) is 6.92 Å². The van der Waals surface area contributed by atoms with Crippen LogP contribution in [0.3, 0.4) is 0 Å². The Kier molecular flexibility index (Phi) is 6.19. The lowest BCUT2D eigenvalue weighted by Crippen LogP contribution is -2.44. The van der Waals surface area contributed by atoms with E-state index in [1.807, 2.05) is 0 Å². The van der Waals surface area contributed by atoms with Crippen LogP contribution in [0.2, 0.25) is 0 Å². The van der Waals surface area contributed by atoms with Crippen molar-refractivity contribution < 1.29 is 34.1 Å². The Morgan fingerprint density at radius 1 is 1.24 bits per heavy atom. The van der Waals surface area contributed by atoms with Gasteiger partial charge in [0.1, 0.15) is 6.61 Å². The van der Waals surface area contributed by atoms with E-state index in [1.165, 1.54) is 14.0 Å². The molecule has 0 aromatic rings. The van der Waals surface area contributed by atoms with Crippen LogP contribution in [0.1, 0.15) is 26.2 Å². The maximum Gasteiger partial charge on any atom is 0.348 e. The summed E-state index contributed by atoms with van der Waals surface area (Å²) in [6.45, 7) is 1.14. The standard InChI is InChI=1S/C10H16O7/c1-3-10(9(14)15,5-4-7(11)12)17-8(13)6-16-2/h3-6H2,1-2H3,(H,11,12)(H,14,15)/t10-/m1/s1. The van der Waals surface area contributed by atoms with Gasteiger partial charge in [-0.2, -0.15) is 0 Å². The minimum Gasteiger partial charge on any atom is -0.481 e. The Bertz CT molecular complexity index is 299. The van der Waals surface area contributed by atoms with Gasteiger partial charge in [-0.15, -0.1) is 0 Å². The van der Waals surface area contributed by atoms with Crippen molar-refractivity contribution in [2.45, 2.75) is 31.8 Å². The lowest BCUT2D eigenvalue weighted by atomic mass is 9.94. The van der Waals surface area contributed by atoms with Crippen LogP contribution in [-0.4, -0.2) is 47.4 Å². The van der Waals surface area contributed by atoms with E-state index >= 15 is 0 Å². The van der Waals surface area contributed by atoms with Crippen LogP contribution in [-0.2, 0) is 23.9 Å². The van der Waals surface area contributed by atoms with Gasteiger partial charge in [0.25, 0.3) is 0 Å². The normalized spacial score (nSPS) is 13.8. The highest BCUT2D eigenvalue weighted by atomic mass is 16.6. The molecule has 0 spiro atoms. The molecule has 0 amide bonds. The zero-order valence-corrected chi connectivity index (χ0v) is 9.76. The summed E-state index contributed by atoms with van der Waals surface area (Å²) in [5, 5.41) is 17.6. The number of carbonyl (C=O) groups excluding carboxylic acids is 1. The predicted octanol–water partition coefficient (Wildman–Crippen LogP) is 0.274. The Balaban J connectivity index is 4.75. The third-order valence-electron chi connectivity index (χ3n) is 2.27. The molecule has 0 heterocycles. The maximum atomic E-state index is 11.2. The van der Waals surface area contributed by atoms with Crippen molar-refractivity contribution in [3.63, 3.8) is 0 Å². The molecule has 7 nitrogen and oxygen atoms in total. The molecule has 0 aromatic carbocycles. The minimum absolute atomic E-state index is 0.00886. The van der Waals surface area contributed by atoms with Crippen molar-refractivity contribution in [1.29, 1.82) is 0 Å². The topological polar surface area (TPSA) is 110 Å². The van der Waals surface area contributed by atoms with Crippen molar-refractivity contribution in [3.05, 3.63) is 0 Å². The second-order valence-corrected chi connectivity index (χ2v) is 3.45. The van der Waals surface area contributed by atoms with Crippen LogP contribution < -0.4 is 0 Å². The van der Waals surface area contributed by atoms with Crippen LogP contribution in [0.15, 0.2) is 0 Å². The number of aliphatic carboxylic acids is 2. The Morgan fingerprint density at radius 2 is 1.82 bits per heavy atom. The van der Waals surface area contributed by atoms with E-state index in [0.717, 1.165) is 0 Å². The van der Waals surface area contributed by atoms with Gasteiger partial charge in [0, 0.05) is 20.0 Å². The monoisotopic (exact) mass is 248 g/mol. The van der Waals surface area contributed by atoms with E-state index in [2.05, 4.69) is 4.74 Å². The molecular weight excluding hydrogens is 232 g/mol. The smallest absolute Gasteiger partial charge is 0.348 e. The highest BCUT2D eigenvalue weighted by Crippen LogP contribution is 2.23. The quantitative estimate of drug-likeness (QED) is 0.593. The number of carbonyl (C=O) groups is 3. The maximum absolute atomic E-state index is 11.2. The van der Waals surface area contributed by atoms with Gasteiger partial charge in [-0.3, -0.25) is 4.79 Å². The number of rotatable bonds is 8. The first-order valence-electron chi connectivity index (χ1n) is 5.04. The van der Waals surface area contributed by atoms with Crippen LogP contribution >= 0.6 is 0 Å². The third kappa shape index (κ3) is 4.81. The van der Waals surface area contributed by atoms with Gasteiger partial charge in [-0.25, -0.2) is 9.59 Å². The van der Waals surface area contributed by atoms with E-state index in [4.69, 9.17) is 14.9 Å². The van der Waals surface area contributed by atoms with E-state index < -0.39 is 23.5 Å². The summed E-state index contributed by atoms with van der Waals surface area (Å²) in [6, 6.07) is 0. The summed E-state index contributed by atoms with van der Waals surface area (Å²) in [5.74, 6) is -3.33. The molecule has 0 fully saturated rings. The predicted molar refractivity (Wildman–Crippen MR) is 55.5 cm³/mol. The fourth-order valence-corrected chi connectivity index (χ4v) is 1.28. The highest BCUT2D eigenvalue weighted by Gasteiger charge is 2.41. The van der Waals surface area contributed by atoms with Crippen molar-refractivity contribution in [3.8, 4) is 0 Å². The first-order valence-corrected chi connectivity index (χ1v) is 5.04. The van der Waals surface area contributed by atoms with E-state index in [-0.39, 0.29) is 25.9 Å². The molecule has 7 heteroatoms. The van der Waals surface area contributed by atoms with E-state index in [0.29, 0.717) is 0 Å². The third-order valence-corrected chi connectivity index (χ3v) is 2.27. The van der Waals surface area contributed by atoms with E-state index in [1.54, 1.807) is 0 Å². The van der Waals surface area contributed by atoms with Gasteiger partial charge in [-0.05, 0) is 6.42 Å². The average Bonchev–Trinajstić information content (AvgIpc) is 2.24. The minimum atomic E-state index is -1.80. The van der Waals surface area contributed by atoms with Crippen LogP contribution in [0.5, 0.6) is 0 Å². The molecule has 0 saturated carbocycles. The molecule has 17 heavy (non-hydrogen) atoms. The first-order chi connectivity index (χ1) is 7.88. The fraction of sp³-hybridized carbons (Fsp3) is 0.700. The Hall–Kier alpha value is -1.63. The summed E-state index contributed by atoms with van der Waals surface area (Å²) < 4.78 is 9.33. The molecule has 0 aliphatic carbocycles. The van der Waals surface area contributed by atoms with Gasteiger partial charge in [0.2, 0.25) is 5.60 Å². The number of hydrogen-bond donors (Lipinski definition) is 2. The van der Waals surface area contributed by atoms with Crippen LogP contribution in [0.4, 0.5) is 0 Å². The number of carboxylic acids is 2. The summed E-state index contributed by atoms with van der Waals surface area (Å²) in [6.07, 6.45) is -0.672. The summed E-state index contributed by atoms with van der Waals surface area (Å²) >= 11 is 0. The van der Waals surface area contributed by atoms with Gasteiger partial charge in [0.05, 0.1) is 0 Å². The Morgan fingerprint density at radius 3 is 2.18 bits per heavy atom. The molecule has 0 aliphatic rings. The van der Waals surface area contributed by atoms with Gasteiger partial charge in [0.15, 0.2) is 0 Å². The number of methoxy groups -OCH3 is 1. The van der Waals surface area contributed by atoms with Crippen LogP contribution in [0, 0.1) is 0 Å². The van der Waals surface area contributed by atoms with Crippen molar-refractivity contribution in [2.24, 2.45) is 0 Å². The number of ether oxygens (including phenoxy) is 2. The second-order valence-electron chi connectivity index (χ2n) is 3.45. The molecule has 0 aliphatic heterocycles. The molecule has 0 saturated heterocycles. The fourth-order valence-electron chi connectivity index (χ4n) is 1.28. The molecule has 1 atom stereocenters. The van der Waals surface area contributed by atoms with Gasteiger partial charge >= 0.3 is 17.9 Å². The van der Waals surface area contributed by atoms with Crippen molar-refractivity contribution >= 4 is 17.9 Å². The van der Waals surface area contributed by atoms with Crippen molar-refractivity contribution in [2.75, 3.05) is 13.7 Å². The summed E-state index contributed by atoms with van der Waals surface area (Å²) in [5.41, 5.74) is -1.80. The first kappa shape index (κ1) is 15.4. The lowest BCUT2D eigenvalue weighted by molar-refractivity contribution is -0.183. The summed E-state index contributed by atoms with van der Waals surface area (Å²) in [4.78, 5) is 32.7. The molecule has 0 bridgehead atoms. The SMILES string of the molecule is CC[C@](CCC(=O)O)(OC(=O)COC)C(=O)O. The molecule has 0 radical (unpaired) electrons. The highest BCUT2D eigenvalue weighted by molar-refractivity contribution is 5.83. The Labute approximate surface area is 98.3 Å². The molecule has 98 valence electrons. The molecular formula is C10H16O7. The largest absolute Gasteiger partial charge is 0.481 e. The molecule has 0 unspecified atom stereocenters. The van der Waals surface area contributed by atoms with Crippen molar-refractivity contribution in [1.82, 2.24) is 0 Å². The number of esters is 1. The van der Waals surface area contributed by atoms with Gasteiger partial charge < -0.3 is 19.7 Å². The number of hydrogen-bond acceptors (Lipinski definition) is 5. The second kappa shape index (κ2) is 6.85. The molecule has 0 rings (SSSR count). The summed E-state index contributed by atoms with van der Waals surface area (Å²) in [7, 11) is 1.27. The number of carboxylic acid groups (broad SMARTS) is 2. The van der Waals surface area contributed by atoms with Crippen LogP contribution in [0.25, 0.3) is 0 Å². The molecule has 2 N–H and O–H groups in total. The molecule has 0 aromatic heterocycles. The zero-order valence-electron chi connectivity index (χ0n) is 9.76. The lowest BCUT2D eigenvalue weighted by Gasteiger charge is -2.27. The average molecular weight is 248 g/mol. The zero-order chi connectivity index (χ0) is 13.5.